The Kier molecular flexibility index (Phi) is 4.50. The molecule has 1 atom stereocenters. The number of aromatic nitrogens is 3. The summed E-state index contributed by atoms with van der Waals surface area (Å²) in [5, 5.41) is 6.59. The van der Waals surface area contributed by atoms with Gasteiger partial charge in [0.1, 0.15) is 0 Å². The normalized spacial score (nSPS) is 13.4. The monoisotopic (exact) mass is 290 g/mol. The quantitative estimate of drug-likeness (QED) is 0.940. The van der Waals surface area contributed by atoms with Crippen LogP contribution in [0.15, 0.2) is 17.8 Å². The van der Waals surface area contributed by atoms with Gasteiger partial charge in [-0.05, 0) is 14.0 Å². The number of aryl methyl sites for hydroxylation is 1. The van der Waals surface area contributed by atoms with E-state index in [1.165, 1.54) is 0 Å². The highest BCUT2D eigenvalue weighted by Gasteiger charge is 2.19. The Labute approximate surface area is 124 Å². The van der Waals surface area contributed by atoms with Gasteiger partial charge in [-0.3, -0.25) is 9.97 Å². The van der Waals surface area contributed by atoms with Crippen LogP contribution in [-0.4, -0.2) is 22.0 Å². The molecule has 2 aromatic rings. The molecule has 20 heavy (non-hydrogen) atoms. The molecule has 0 saturated heterocycles. The maximum atomic E-state index is 4.74. The van der Waals surface area contributed by atoms with Gasteiger partial charge < -0.3 is 5.32 Å². The highest BCUT2D eigenvalue weighted by Crippen LogP contribution is 2.26. The van der Waals surface area contributed by atoms with Crippen molar-refractivity contribution in [1.82, 2.24) is 20.3 Å². The van der Waals surface area contributed by atoms with Gasteiger partial charge in [-0.1, -0.05) is 20.8 Å². The molecule has 0 fully saturated rings. The summed E-state index contributed by atoms with van der Waals surface area (Å²) in [5.41, 5.74) is 3.16. The van der Waals surface area contributed by atoms with E-state index in [0.29, 0.717) is 0 Å². The first-order chi connectivity index (χ1) is 9.40. The van der Waals surface area contributed by atoms with Gasteiger partial charge in [-0.15, -0.1) is 11.3 Å². The number of nitrogens with zero attached hydrogens (tertiary/aromatic N) is 3. The van der Waals surface area contributed by atoms with Gasteiger partial charge in [-0.2, -0.15) is 0 Å². The minimum absolute atomic E-state index is 0.105. The molecule has 0 aliphatic heterocycles. The highest BCUT2D eigenvalue weighted by atomic mass is 32.1. The SMILES string of the molecule is CNC(Cc1nc(C(C)(C)C)cs1)c1cnc(C)cn1. The number of hydrogen-bond donors (Lipinski definition) is 1. The summed E-state index contributed by atoms with van der Waals surface area (Å²) in [5.74, 6) is 0. The van der Waals surface area contributed by atoms with Crippen molar-refractivity contribution in [2.75, 3.05) is 7.05 Å². The number of rotatable bonds is 4. The molecule has 2 heterocycles. The molecule has 0 spiro atoms. The average molecular weight is 290 g/mol. The molecule has 0 aliphatic rings. The zero-order chi connectivity index (χ0) is 14.8. The fourth-order valence-electron chi connectivity index (χ4n) is 1.86. The van der Waals surface area contributed by atoms with Gasteiger partial charge in [0.05, 0.1) is 34.3 Å². The van der Waals surface area contributed by atoms with Crippen LogP contribution in [0.1, 0.15) is 48.9 Å². The Bertz CT molecular complexity index is 554. The fraction of sp³-hybridized carbons (Fsp3) is 0.533. The van der Waals surface area contributed by atoms with E-state index in [1.807, 2.05) is 26.4 Å². The molecule has 5 heteroatoms. The van der Waals surface area contributed by atoms with Gasteiger partial charge in [0.2, 0.25) is 0 Å². The van der Waals surface area contributed by atoms with E-state index >= 15 is 0 Å². The average Bonchev–Trinajstić information content (AvgIpc) is 2.85. The zero-order valence-electron chi connectivity index (χ0n) is 12.8. The van der Waals surface area contributed by atoms with Crippen molar-refractivity contribution in [3.05, 3.63) is 39.9 Å². The largest absolute Gasteiger partial charge is 0.311 e. The van der Waals surface area contributed by atoms with Crippen LogP contribution in [0.4, 0.5) is 0 Å². The van der Waals surface area contributed by atoms with Crippen LogP contribution in [0.3, 0.4) is 0 Å². The summed E-state index contributed by atoms with van der Waals surface area (Å²) >= 11 is 1.72. The van der Waals surface area contributed by atoms with Gasteiger partial charge in [-0.25, -0.2) is 4.98 Å². The number of hydrogen-bond acceptors (Lipinski definition) is 5. The van der Waals surface area contributed by atoms with Crippen molar-refractivity contribution in [2.24, 2.45) is 0 Å². The van der Waals surface area contributed by atoms with Crippen molar-refractivity contribution in [2.45, 2.75) is 45.6 Å². The molecule has 0 aromatic carbocycles. The summed E-state index contributed by atoms with van der Waals surface area (Å²) < 4.78 is 0. The fourth-order valence-corrected chi connectivity index (χ4v) is 2.93. The second-order valence-electron chi connectivity index (χ2n) is 6.00. The summed E-state index contributed by atoms with van der Waals surface area (Å²) in [6.45, 7) is 8.51. The van der Waals surface area contributed by atoms with E-state index in [-0.39, 0.29) is 11.5 Å². The van der Waals surface area contributed by atoms with Crippen molar-refractivity contribution in [3.63, 3.8) is 0 Å². The molecular formula is C15H22N4S. The van der Waals surface area contributed by atoms with Crippen LogP contribution in [0.25, 0.3) is 0 Å². The van der Waals surface area contributed by atoms with Crippen molar-refractivity contribution < 1.29 is 0 Å². The topological polar surface area (TPSA) is 50.7 Å². The third-order valence-electron chi connectivity index (χ3n) is 3.21. The Hall–Kier alpha value is -1.33. The van der Waals surface area contributed by atoms with E-state index in [2.05, 4.69) is 41.4 Å². The molecule has 0 saturated carbocycles. The molecule has 2 rings (SSSR count). The minimum Gasteiger partial charge on any atom is -0.311 e. The van der Waals surface area contributed by atoms with E-state index in [4.69, 9.17) is 4.98 Å². The highest BCUT2D eigenvalue weighted by molar-refractivity contribution is 7.09. The molecule has 1 N–H and O–H groups in total. The van der Waals surface area contributed by atoms with Crippen LogP contribution in [0.5, 0.6) is 0 Å². The van der Waals surface area contributed by atoms with Gasteiger partial charge in [0.25, 0.3) is 0 Å². The number of likely N-dealkylation sites (N-methyl/N-ethyl adjacent to an activating group) is 1. The van der Waals surface area contributed by atoms with E-state index in [1.54, 1.807) is 11.3 Å². The van der Waals surface area contributed by atoms with Crippen LogP contribution in [0, 0.1) is 6.92 Å². The molecular weight excluding hydrogens is 268 g/mol. The molecule has 4 nitrogen and oxygen atoms in total. The maximum Gasteiger partial charge on any atom is 0.0948 e. The molecule has 2 aromatic heterocycles. The third-order valence-corrected chi connectivity index (χ3v) is 4.08. The Morgan fingerprint density at radius 3 is 2.50 bits per heavy atom. The van der Waals surface area contributed by atoms with Gasteiger partial charge >= 0.3 is 0 Å². The van der Waals surface area contributed by atoms with E-state index in [9.17, 15) is 0 Å². The van der Waals surface area contributed by atoms with Crippen molar-refractivity contribution in [1.29, 1.82) is 0 Å². The first-order valence-corrected chi connectivity index (χ1v) is 7.69. The predicted molar refractivity (Wildman–Crippen MR) is 83.1 cm³/mol. The first kappa shape index (κ1) is 15.1. The first-order valence-electron chi connectivity index (χ1n) is 6.81. The molecule has 0 amide bonds. The predicted octanol–water partition coefficient (Wildman–Crippen LogP) is 3.04. The lowest BCUT2D eigenvalue weighted by Gasteiger charge is -2.15. The summed E-state index contributed by atoms with van der Waals surface area (Å²) in [6, 6.07) is 0.155. The lowest BCUT2D eigenvalue weighted by molar-refractivity contribution is 0.553. The van der Waals surface area contributed by atoms with Crippen molar-refractivity contribution >= 4 is 11.3 Å². The van der Waals surface area contributed by atoms with Crippen LogP contribution < -0.4 is 5.32 Å². The lowest BCUT2D eigenvalue weighted by Crippen LogP contribution is -2.20. The second kappa shape index (κ2) is 5.97. The van der Waals surface area contributed by atoms with Gasteiger partial charge in [0.15, 0.2) is 0 Å². The lowest BCUT2D eigenvalue weighted by atomic mass is 9.93. The standard InChI is InChI=1S/C15H22N4S/c1-10-7-18-12(8-17-10)11(16-5)6-14-19-13(9-20-14)15(2,3)4/h7-9,11,16H,6H2,1-5H3. The minimum atomic E-state index is 0.105. The number of nitrogens with one attached hydrogen (secondary N) is 1. The Morgan fingerprint density at radius 2 is 2.00 bits per heavy atom. The maximum absolute atomic E-state index is 4.74. The zero-order valence-corrected chi connectivity index (χ0v) is 13.6. The van der Waals surface area contributed by atoms with Crippen molar-refractivity contribution in [3.8, 4) is 0 Å². The third kappa shape index (κ3) is 3.61. The van der Waals surface area contributed by atoms with E-state index < -0.39 is 0 Å². The van der Waals surface area contributed by atoms with Gasteiger partial charge in [0, 0.05) is 23.4 Å². The number of thiazole rings is 1. The summed E-state index contributed by atoms with van der Waals surface area (Å²) in [7, 11) is 1.95. The van der Waals surface area contributed by atoms with Crippen LogP contribution in [0.2, 0.25) is 0 Å². The van der Waals surface area contributed by atoms with E-state index in [0.717, 1.165) is 28.5 Å². The Balaban J connectivity index is 2.14. The summed E-state index contributed by atoms with van der Waals surface area (Å²) in [4.78, 5) is 13.5. The smallest absolute Gasteiger partial charge is 0.0948 e. The van der Waals surface area contributed by atoms with Crippen LogP contribution >= 0.6 is 11.3 Å². The molecule has 1 unspecified atom stereocenters. The molecule has 108 valence electrons. The molecule has 0 radical (unpaired) electrons. The molecule has 0 aliphatic carbocycles. The molecule has 0 bridgehead atoms. The second-order valence-corrected chi connectivity index (χ2v) is 6.95. The Morgan fingerprint density at radius 1 is 1.25 bits per heavy atom. The van der Waals surface area contributed by atoms with Crippen LogP contribution in [-0.2, 0) is 11.8 Å². The summed E-state index contributed by atoms with van der Waals surface area (Å²) in [6.07, 6.45) is 4.49.